The second kappa shape index (κ2) is 7.07. The summed E-state index contributed by atoms with van der Waals surface area (Å²) in [4.78, 5) is 13.3. The van der Waals surface area contributed by atoms with Crippen LogP contribution >= 0.6 is 0 Å². The van der Waals surface area contributed by atoms with Crippen molar-refractivity contribution in [1.29, 1.82) is 0 Å². The van der Waals surface area contributed by atoms with Gasteiger partial charge in [-0.1, -0.05) is 38.1 Å². The molecule has 0 saturated carbocycles. The standard InChI is InChI=1S/C14H21NO2/c1-4-12-6-8-13(9-7-12)10-15(5-2)11-14(16)17-3/h6-9H,4-5,10-11H2,1-3H3. The predicted octanol–water partition coefficient (Wildman–Crippen LogP) is 2.24. The van der Waals surface area contributed by atoms with Gasteiger partial charge in [0.05, 0.1) is 13.7 Å². The van der Waals surface area contributed by atoms with Crippen molar-refractivity contribution in [2.45, 2.75) is 26.8 Å². The molecule has 3 heteroatoms. The molecule has 0 spiro atoms. The van der Waals surface area contributed by atoms with E-state index in [0.29, 0.717) is 6.54 Å². The van der Waals surface area contributed by atoms with E-state index in [9.17, 15) is 4.79 Å². The monoisotopic (exact) mass is 235 g/mol. The number of hydrogen-bond acceptors (Lipinski definition) is 3. The van der Waals surface area contributed by atoms with E-state index in [1.807, 2.05) is 6.92 Å². The van der Waals surface area contributed by atoms with Crippen molar-refractivity contribution in [3.63, 3.8) is 0 Å². The number of methoxy groups -OCH3 is 1. The van der Waals surface area contributed by atoms with Gasteiger partial charge < -0.3 is 4.74 Å². The Morgan fingerprint density at radius 3 is 2.24 bits per heavy atom. The topological polar surface area (TPSA) is 29.5 Å². The number of aryl methyl sites for hydroxylation is 1. The first-order chi connectivity index (χ1) is 8.19. The number of ether oxygens (including phenoxy) is 1. The number of nitrogens with zero attached hydrogens (tertiary/aromatic N) is 1. The Hall–Kier alpha value is -1.35. The van der Waals surface area contributed by atoms with Gasteiger partial charge in [0.1, 0.15) is 0 Å². The van der Waals surface area contributed by atoms with Crippen LogP contribution in [-0.4, -0.2) is 31.1 Å². The van der Waals surface area contributed by atoms with Gasteiger partial charge in [-0.15, -0.1) is 0 Å². The summed E-state index contributed by atoms with van der Waals surface area (Å²) >= 11 is 0. The molecular formula is C14H21NO2. The maximum absolute atomic E-state index is 11.2. The smallest absolute Gasteiger partial charge is 0.319 e. The molecule has 0 amide bonds. The van der Waals surface area contributed by atoms with Gasteiger partial charge in [-0.2, -0.15) is 0 Å². The molecule has 0 N–H and O–H groups in total. The zero-order valence-electron chi connectivity index (χ0n) is 10.9. The molecule has 1 aromatic rings. The van der Waals surface area contributed by atoms with Crippen LogP contribution in [0.5, 0.6) is 0 Å². The van der Waals surface area contributed by atoms with E-state index in [1.165, 1.54) is 18.2 Å². The van der Waals surface area contributed by atoms with Crippen LogP contribution in [-0.2, 0) is 22.5 Å². The van der Waals surface area contributed by atoms with Gasteiger partial charge in [0, 0.05) is 6.54 Å². The molecule has 0 radical (unpaired) electrons. The highest BCUT2D eigenvalue weighted by atomic mass is 16.5. The summed E-state index contributed by atoms with van der Waals surface area (Å²) in [6.07, 6.45) is 1.06. The normalized spacial score (nSPS) is 10.6. The Morgan fingerprint density at radius 2 is 1.76 bits per heavy atom. The van der Waals surface area contributed by atoms with Crippen LogP contribution in [0.1, 0.15) is 25.0 Å². The van der Waals surface area contributed by atoms with E-state index in [0.717, 1.165) is 19.5 Å². The zero-order chi connectivity index (χ0) is 12.7. The van der Waals surface area contributed by atoms with Gasteiger partial charge in [-0.3, -0.25) is 9.69 Å². The SMILES string of the molecule is CCc1ccc(CN(CC)CC(=O)OC)cc1. The Morgan fingerprint density at radius 1 is 1.18 bits per heavy atom. The lowest BCUT2D eigenvalue weighted by Gasteiger charge is -2.18. The zero-order valence-corrected chi connectivity index (χ0v) is 10.9. The Labute approximate surface area is 103 Å². The van der Waals surface area contributed by atoms with Crippen LogP contribution in [0.25, 0.3) is 0 Å². The third-order valence-electron chi connectivity index (χ3n) is 2.86. The van der Waals surface area contributed by atoms with Crippen LogP contribution in [0.4, 0.5) is 0 Å². The summed E-state index contributed by atoms with van der Waals surface area (Å²) < 4.78 is 4.68. The second-order valence-corrected chi connectivity index (χ2v) is 4.05. The first-order valence-corrected chi connectivity index (χ1v) is 6.06. The molecular weight excluding hydrogens is 214 g/mol. The lowest BCUT2D eigenvalue weighted by molar-refractivity contribution is -0.142. The Bertz CT molecular complexity index is 346. The van der Waals surface area contributed by atoms with Crippen LogP contribution in [0.15, 0.2) is 24.3 Å². The lowest BCUT2D eigenvalue weighted by atomic mass is 10.1. The number of rotatable bonds is 6. The van der Waals surface area contributed by atoms with Crippen molar-refractivity contribution >= 4 is 5.97 Å². The van der Waals surface area contributed by atoms with Gasteiger partial charge in [0.2, 0.25) is 0 Å². The molecule has 0 saturated heterocycles. The summed E-state index contributed by atoms with van der Waals surface area (Å²) in [5.74, 6) is -0.183. The number of hydrogen-bond donors (Lipinski definition) is 0. The maximum Gasteiger partial charge on any atom is 0.319 e. The average molecular weight is 235 g/mol. The molecule has 3 nitrogen and oxygen atoms in total. The summed E-state index contributed by atoms with van der Waals surface area (Å²) in [6, 6.07) is 8.53. The minimum atomic E-state index is -0.183. The largest absolute Gasteiger partial charge is 0.468 e. The number of esters is 1. The van der Waals surface area contributed by atoms with E-state index in [-0.39, 0.29) is 5.97 Å². The molecule has 0 bridgehead atoms. The summed E-state index contributed by atoms with van der Waals surface area (Å²) in [6.45, 7) is 6.16. The highest BCUT2D eigenvalue weighted by Crippen LogP contribution is 2.08. The van der Waals surface area contributed by atoms with Gasteiger partial charge in [0.25, 0.3) is 0 Å². The molecule has 94 valence electrons. The highest BCUT2D eigenvalue weighted by molar-refractivity contribution is 5.71. The summed E-state index contributed by atoms with van der Waals surface area (Å²) in [5.41, 5.74) is 2.57. The quantitative estimate of drug-likeness (QED) is 0.708. The Kier molecular flexibility index (Phi) is 5.70. The lowest BCUT2D eigenvalue weighted by Crippen LogP contribution is -2.29. The Balaban J connectivity index is 2.57. The minimum Gasteiger partial charge on any atom is -0.468 e. The third-order valence-corrected chi connectivity index (χ3v) is 2.86. The first-order valence-electron chi connectivity index (χ1n) is 6.06. The number of carbonyl (C=O) groups excluding carboxylic acids is 1. The van der Waals surface area contributed by atoms with Gasteiger partial charge >= 0.3 is 5.97 Å². The van der Waals surface area contributed by atoms with E-state index in [4.69, 9.17) is 0 Å². The molecule has 0 aliphatic heterocycles. The minimum absolute atomic E-state index is 0.183. The van der Waals surface area contributed by atoms with Gasteiger partial charge in [-0.05, 0) is 24.1 Å². The van der Waals surface area contributed by atoms with Gasteiger partial charge in [0.15, 0.2) is 0 Å². The second-order valence-electron chi connectivity index (χ2n) is 4.05. The van der Waals surface area contributed by atoms with Crippen LogP contribution in [0, 0.1) is 0 Å². The van der Waals surface area contributed by atoms with Gasteiger partial charge in [-0.25, -0.2) is 0 Å². The molecule has 0 heterocycles. The van der Waals surface area contributed by atoms with E-state index >= 15 is 0 Å². The molecule has 1 aromatic carbocycles. The predicted molar refractivity (Wildman–Crippen MR) is 68.8 cm³/mol. The number of carbonyl (C=O) groups is 1. The van der Waals surface area contributed by atoms with Crippen molar-refractivity contribution in [2.24, 2.45) is 0 Å². The fourth-order valence-electron chi connectivity index (χ4n) is 1.67. The summed E-state index contributed by atoms with van der Waals surface area (Å²) in [7, 11) is 1.42. The van der Waals surface area contributed by atoms with Crippen molar-refractivity contribution in [3.05, 3.63) is 35.4 Å². The fraction of sp³-hybridized carbons (Fsp3) is 0.500. The third kappa shape index (κ3) is 4.57. The number of benzene rings is 1. The summed E-state index contributed by atoms with van der Waals surface area (Å²) in [5, 5.41) is 0. The maximum atomic E-state index is 11.2. The number of likely N-dealkylation sites (N-methyl/N-ethyl adjacent to an activating group) is 1. The molecule has 0 aromatic heterocycles. The molecule has 0 unspecified atom stereocenters. The molecule has 0 aliphatic carbocycles. The molecule has 0 fully saturated rings. The van der Waals surface area contributed by atoms with Crippen LogP contribution in [0.3, 0.4) is 0 Å². The first kappa shape index (κ1) is 13.7. The van der Waals surface area contributed by atoms with E-state index in [1.54, 1.807) is 0 Å². The van der Waals surface area contributed by atoms with E-state index < -0.39 is 0 Å². The molecule has 17 heavy (non-hydrogen) atoms. The van der Waals surface area contributed by atoms with Crippen molar-refractivity contribution in [3.8, 4) is 0 Å². The average Bonchev–Trinajstić information content (AvgIpc) is 2.38. The van der Waals surface area contributed by atoms with Crippen molar-refractivity contribution in [2.75, 3.05) is 20.2 Å². The van der Waals surface area contributed by atoms with Crippen molar-refractivity contribution < 1.29 is 9.53 Å². The molecule has 0 aliphatic rings. The van der Waals surface area contributed by atoms with Crippen LogP contribution < -0.4 is 0 Å². The molecule has 0 atom stereocenters. The van der Waals surface area contributed by atoms with E-state index in [2.05, 4.69) is 40.8 Å². The van der Waals surface area contributed by atoms with Crippen molar-refractivity contribution in [1.82, 2.24) is 4.90 Å². The fourth-order valence-corrected chi connectivity index (χ4v) is 1.67. The van der Waals surface area contributed by atoms with Crippen LogP contribution in [0.2, 0.25) is 0 Å². The highest BCUT2D eigenvalue weighted by Gasteiger charge is 2.09. The molecule has 1 rings (SSSR count).